The summed E-state index contributed by atoms with van der Waals surface area (Å²) < 4.78 is 0. The van der Waals surface area contributed by atoms with Crippen LogP contribution in [0.1, 0.15) is 15.9 Å². The summed E-state index contributed by atoms with van der Waals surface area (Å²) in [7, 11) is 0. The van der Waals surface area contributed by atoms with Gasteiger partial charge >= 0.3 is 0 Å². The smallest absolute Gasteiger partial charge is 0.258 e. The summed E-state index contributed by atoms with van der Waals surface area (Å²) in [4.78, 5) is 20.5. The Morgan fingerprint density at radius 3 is 2.35 bits per heavy atom. The lowest BCUT2D eigenvalue weighted by Gasteiger charge is -2.09. The van der Waals surface area contributed by atoms with Gasteiger partial charge in [-0.05, 0) is 30.3 Å². The Kier molecular flexibility index (Phi) is 5.32. The van der Waals surface area contributed by atoms with Crippen LogP contribution in [0.2, 0.25) is 10.0 Å². The van der Waals surface area contributed by atoms with Crippen LogP contribution in [0.5, 0.6) is 0 Å². The second-order valence-electron chi connectivity index (χ2n) is 5.16. The number of hydrogen-bond donors (Lipinski definition) is 2. The molecule has 0 fully saturated rings. The van der Waals surface area contributed by atoms with E-state index in [-0.39, 0.29) is 17.4 Å². The van der Waals surface area contributed by atoms with Crippen LogP contribution in [-0.4, -0.2) is 15.9 Å². The van der Waals surface area contributed by atoms with Crippen molar-refractivity contribution in [1.82, 2.24) is 9.97 Å². The van der Waals surface area contributed by atoms with Gasteiger partial charge in [-0.3, -0.25) is 4.79 Å². The number of aromatic nitrogens is 2. The van der Waals surface area contributed by atoms with Crippen molar-refractivity contribution in [3.05, 3.63) is 76.0 Å². The molecule has 0 aliphatic heterocycles. The monoisotopic (exact) mass is 383 g/mol. The number of anilines is 3. The molecule has 0 spiro atoms. The molecule has 2 N–H and O–H groups in total. The summed E-state index contributed by atoms with van der Waals surface area (Å²) in [5.41, 5.74) is 1.72. The van der Waals surface area contributed by atoms with E-state index >= 15 is 0 Å². The van der Waals surface area contributed by atoms with Crippen molar-refractivity contribution in [2.45, 2.75) is 0 Å². The zero-order valence-corrected chi connectivity index (χ0v) is 14.7. The van der Waals surface area contributed by atoms with E-state index in [0.29, 0.717) is 27.0 Å². The number of carbonyl (C=O) groups excluding carboxylic acids is 1. The zero-order valence-electron chi connectivity index (χ0n) is 13.2. The molecule has 0 unspecified atom stereocenters. The van der Waals surface area contributed by atoms with Crippen molar-refractivity contribution in [2.75, 3.05) is 10.6 Å². The predicted octanol–water partition coefficient (Wildman–Crippen LogP) is 4.65. The van der Waals surface area contributed by atoms with Crippen LogP contribution in [0.15, 0.2) is 54.9 Å². The third kappa shape index (κ3) is 4.09. The van der Waals surface area contributed by atoms with E-state index in [0.717, 1.165) is 0 Å². The lowest BCUT2D eigenvalue weighted by atomic mass is 10.2. The number of hydrogen-bond acceptors (Lipinski definition) is 5. The van der Waals surface area contributed by atoms with Crippen molar-refractivity contribution < 1.29 is 4.79 Å². The van der Waals surface area contributed by atoms with Crippen molar-refractivity contribution in [2.24, 2.45) is 0 Å². The molecule has 3 rings (SSSR count). The molecule has 0 saturated heterocycles. The van der Waals surface area contributed by atoms with Crippen molar-refractivity contribution in [1.29, 1.82) is 5.26 Å². The number of benzene rings is 2. The molecule has 0 saturated carbocycles. The van der Waals surface area contributed by atoms with E-state index in [1.54, 1.807) is 42.5 Å². The maximum Gasteiger partial charge on any atom is 0.258 e. The molecule has 1 heterocycles. The normalized spacial score (nSPS) is 10.0. The minimum absolute atomic E-state index is 0.253. The Bertz CT molecular complexity index is 979. The quantitative estimate of drug-likeness (QED) is 0.683. The average molecular weight is 384 g/mol. The van der Waals surface area contributed by atoms with Gasteiger partial charge in [-0.15, -0.1) is 0 Å². The van der Waals surface area contributed by atoms with Gasteiger partial charge in [-0.25, -0.2) is 9.97 Å². The molecule has 3 aromatic rings. The molecule has 0 radical (unpaired) electrons. The number of nitriles is 1. The van der Waals surface area contributed by atoms with Crippen LogP contribution >= 0.6 is 23.2 Å². The lowest BCUT2D eigenvalue weighted by molar-refractivity contribution is 0.102. The predicted molar refractivity (Wildman–Crippen MR) is 101 cm³/mol. The van der Waals surface area contributed by atoms with Crippen molar-refractivity contribution >= 4 is 46.4 Å². The lowest BCUT2D eigenvalue weighted by Crippen LogP contribution is -2.13. The van der Waals surface area contributed by atoms with E-state index < -0.39 is 0 Å². The summed E-state index contributed by atoms with van der Waals surface area (Å²) >= 11 is 12.2. The van der Waals surface area contributed by atoms with Gasteiger partial charge in [0.25, 0.3) is 5.91 Å². The van der Waals surface area contributed by atoms with E-state index in [9.17, 15) is 4.79 Å². The molecular weight excluding hydrogens is 373 g/mol. The van der Waals surface area contributed by atoms with Gasteiger partial charge in [-0.2, -0.15) is 5.26 Å². The molecule has 1 amide bonds. The highest BCUT2D eigenvalue weighted by molar-refractivity contribution is 6.39. The van der Waals surface area contributed by atoms with E-state index in [4.69, 9.17) is 28.5 Å². The number of para-hydroxylation sites is 1. The Labute approximate surface area is 159 Å². The fourth-order valence-corrected chi connectivity index (χ4v) is 2.60. The van der Waals surface area contributed by atoms with Gasteiger partial charge in [0.2, 0.25) is 5.95 Å². The highest BCUT2D eigenvalue weighted by atomic mass is 35.5. The Morgan fingerprint density at radius 1 is 1.04 bits per heavy atom. The molecule has 1 aromatic heterocycles. The van der Waals surface area contributed by atoms with Crippen LogP contribution < -0.4 is 10.6 Å². The molecule has 8 heteroatoms. The van der Waals surface area contributed by atoms with E-state index in [2.05, 4.69) is 20.6 Å². The van der Waals surface area contributed by atoms with Gasteiger partial charge in [0, 0.05) is 18.1 Å². The molecule has 26 heavy (non-hydrogen) atoms. The zero-order chi connectivity index (χ0) is 18.5. The number of nitrogens with zero attached hydrogens (tertiary/aromatic N) is 3. The average Bonchev–Trinajstić information content (AvgIpc) is 2.65. The maximum atomic E-state index is 12.3. The molecule has 6 nitrogen and oxygen atoms in total. The minimum atomic E-state index is -0.387. The maximum absolute atomic E-state index is 12.3. The first-order valence-electron chi connectivity index (χ1n) is 7.41. The van der Waals surface area contributed by atoms with Crippen LogP contribution in [0.3, 0.4) is 0 Å². The van der Waals surface area contributed by atoms with Crippen molar-refractivity contribution in [3.8, 4) is 6.07 Å². The highest BCUT2D eigenvalue weighted by Crippen LogP contribution is 2.31. The Hall–Kier alpha value is -3.14. The van der Waals surface area contributed by atoms with E-state index in [1.165, 1.54) is 12.4 Å². The first kappa shape index (κ1) is 17.7. The molecular formula is C18H11Cl2N5O. The SMILES string of the molecule is N#Cc1cccc(NC(=O)c2cnc(Nc3c(Cl)cccc3Cl)nc2)c1. The molecule has 2 aromatic carbocycles. The third-order valence-corrected chi connectivity index (χ3v) is 3.99. The van der Waals surface area contributed by atoms with Crippen molar-refractivity contribution in [3.63, 3.8) is 0 Å². The van der Waals surface area contributed by atoms with Gasteiger partial charge < -0.3 is 10.6 Å². The number of rotatable bonds is 4. The molecule has 128 valence electrons. The van der Waals surface area contributed by atoms with Crippen LogP contribution in [-0.2, 0) is 0 Å². The molecule has 0 aliphatic carbocycles. The first-order valence-corrected chi connectivity index (χ1v) is 8.17. The van der Waals surface area contributed by atoms with Crippen LogP contribution in [0.4, 0.5) is 17.3 Å². The fraction of sp³-hybridized carbons (Fsp3) is 0. The molecule has 0 aliphatic rings. The minimum Gasteiger partial charge on any atom is -0.322 e. The van der Waals surface area contributed by atoms with Crippen LogP contribution in [0, 0.1) is 11.3 Å². The van der Waals surface area contributed by atoms with Gasteiger partial charge in [0.05, 0.1) is 32.9 Å². The number of nitrogens with one attached hydrogen (secondary N) is 2. The summed E-state index contributed by atoms with van der Waals surface area (Å²) in [5.74, 6) is -0.134. The summed E-state index contributed by atoms with van der Waals surface area (Å²) in [5, 5.41) is 15.4. The van der Waals surface area contributed by atoms with Gasteiger partial charge in [0.1, 0.15) is 0 Å². The van der Waals surface area contributed by atoms with Gasteiger partial charge in [0.15, 0.2) is 0 Å². The molecule has 0 bridgehead atoms. The standard InChI is InChI=1S/C18H11Cl2N5O/c19-14-5-2-6-15(20)16(14)25-18-22-9-12(10-23-18)17(26)24-13-4-1-3-11(7-13)8-21/h1-7,9-10H,(H,24,26)(H,22,23,25). The number of carbonyl (C=O) groups is 1. The van der Waals surface area contributed by atoms with Crippen LogP contribution in [0.25, 0.3) is 0 Å². The van der Waals surface area contributed by atoms with Gasteiger partial charge in [-0.1, -0.05) is 35.3 Å². The molecule has 0 atom stereocenters. The van der Waals surface area contributed by atoms with E-state index in [1.807, 2.05) is 6.07 Å². The fourth-order valence-electron chi connectivity index (χ4n) is 2.11. The second kappa shape index (κ2) is 7.83. The largest absolute Gasteiger partial charge is 0.322 e. The summed E-state index contributed by atoms with van der Waals surface area (Å²) in [6.07, 6.45) is 2.76. The highest BCUT2D eigenvalue weighted by Gasteiger charge is 2.10. The summed E-state index contributed by atoms with van der Waals surface area (Å²) in [6, 6.07) is 13.7. The topological polar surface area (TPSA) is 90.7 Å². The Balaban J connectivity index is 1.73. The third-order valence-electron chi connectivity index (χ3n) is 3.36. The summed E-state index contributed by atoms with van der Waals surface area (Å²) in [6.45, 7) is 0. The second-order valence-corrected chi connectivity index (χ2v) is 5.98. The number of halogens is 2. The number of amides is 1. The Morgan fingerprint density at radius 2 is 1.69 bits per heavy atom. The first-order chi connectivity index (χ1) is 12.6.